The summed E-state index contributed by atoms with van der Waals surface area (Å²) in [7, 11) is 2.12. The molecule has 0 bridgehead atoms. The summed E-state index contributed by atoms with van der Waals surface area (Å²) in [4.78, 5) is 17.6. The Morgan fingerprint density at radius 1 is 1.39 bits per heavy atom. The van der Waals surface area contributed by atoms with Gasteiger partial charge in [0.25, 0.3) is 5.91 Å². The van der Waals surface area contributed by atoms with Crippen molar-refractivity contribution in [2.75, 3.05) is 33.3 Å². The predicted octanol–water partition coefficient (Wildman–Crippen LogP) is 1.64. The Bertz CT molecular complexity index is 424. The molecular weight excluding hydrogens is 248 g/mol. The van der Waals surface area contributed by atoms with Crippen LogP contribution in [0.3, 0.4) is 0 Å². The van der Waals surface area contributed by atoms with Gasteiger partial charge in [-0.05, 0) is 18.5 Å². The van der Waals surface area contributed by atoms with Gasteiger partial charge in [-0.3, -0.25) is 4.79 Å². The molecule has 1 aromatic heterocycles. The van der Waals surface area contributed by atoms with Crippen LogP contribution >= 0.6 is 11.3 Å². The van der Waals surface area contributed by atoms with Gasteiger partial charge in [-0.1, -0.05) is 6.07 Å². The zero-order valence-corrected chi connectivity index (χ0v) is 11.4. The van der Waals surface area contributed by atoms with Gasteiger partial charge in [-0.15, -0.1) is 11.3 Å². The molecule has 0 aliphatic carbocycles. The molecule has 1 spiro atoms. The standard InChI is InChI=1S/C13H18N2O2S/c1-14-6-4-13(5-7-14)15(8-9-17-13)12(16)11-3-2-10-18-11/h2-3,10H,4-9H2,1H3. The summed E-state index contributed by atoms with van der Waals surface area (Å²) in [6.45, 7) is 3.38. The van der Waals surface area contributed by atoms with Crippen molar-refractivity contribution in [1.29, 1.82) is 0 Å². The monoisotopic (exact) mass is 266 g/mol. The zero-order valence-electron chi connectivity index (χ0n) is 10.6. The number of hydrogen-bond donors (Lipinski definition) is 0. The Hall–Kier alpha value is -0.910. The maximum absolute atomic E-state index is 12.5. The summed E-state index contributed by atoms with van der Waals surface area (Å²) < 4.78 is 5.94. The van der Waals surface area contributed by atoms with E-state index in [9.17, 15) is 4.79 Å². The molecule has 18 heavy (non-hydrogen) atoms. The van der Waals surface area contributed by atoms with Crippen LogP contribution in [-0.4, -0.2) is 54.7 Å². The highest BCUT2D eigenvalue weighted by molar-refractivity contribution is 7.12. The van der Waals surface area contributed by atoms with E-state index < -0.39 is 0 Å². The predicted molar refractivity (Wildman–Crippen MR) is 70.8 cm³/mol. The first kappa shape index (κ1) is 12.1. The van der Waals surface area contributed by atoms with Gasteiger partial charge < -0.3 is 14.5 Å². The second kappa shape index (κ2) is 4.64. The van der Waals surface area contributed by atoms with E-state index in [1.165, 1.54) is 11.3 Å². The molecule has 1 amide bonds. The minimum absolute atomic E-state index is 0.132. The number of ether oxygens (including phenoxy) is 1. The molecule has 0 N–H and O–H groups in total. The van der Waals surface area contributed by atoms with Crippen LogP contribution in [0.1, 0.15) is 22.5 Å². The molecule has 98 valence electrons. The highest BCUT2D eigenvalue weighted by Gasteiger charge is 2.46. The van der Waals surface area contributed by atoms with E-state index in [0.29, 0.717) is 6.61 Å². The van der Waals surface area contributed by atoms with Crippen LogP contribution in [0.5, 0.6) is 0 Å². The molecule has 0 unspecified atom stereocenters. The Morgan fingerprint density at radius 2 is 2.17 bits per heavy atom. The van der Waals surface area contributed by atoms with E-state index in [1.807, 2.05) is 22.4 Å². The second-order valence-electron chi connectivity index (χ2n) is 5.03. The largest absolute Gasteiger partial charge is 0.354 e. The average molecular weight is 266 g/mol. The molecule has 0 atom stereocenters. The Morgan fingerprint density at radius 3 is 2.83 bits per heavy atom. The highest BCUT2D eigenvalue weighted by atomic mass is 32.1. The first-order valence-electron chi connectivity index (χ1n) is 6.39. The maximum atomic E-state index is 12.5. The number of amides is 1. The Balaban J connectivity index is 1.81. The van der Waals surface area contributed by atoms with Crippen molar-refractivity contribution in [1.82, 2.24) is 9.80 Å². The van der Waals surface area contributed by atoms with Crippen molar-refractivity contribution < 1.29 is 9.53 Å². The van der Waals surface area contributed by atoms with Crippen molar-refractivity contribution in [3.63, 3.8) is 0 Å². The highest BCUT2D eigenvalue weighted by Crippen LogP contribution is 2.35. The third-order valence-electron chi connectivity index (χ3n) is 3.92. The summed E-state index contributed by atoms with van der Waals surface area (Å²) in [5.41, 5.74) is -0.340. The lowest BCUT2D eigenvalue weighted by molar-refractivity contribution is -0.102. The molecule has 2 saturated heterocycles. The van der Waals surface area contributed by atoms with Crippen LogP contribution in [0, 0.1) is 0 Å². The van der Waals surface area contributed by atoms with E-state index in [-0.39, 0.29) is 11.6 Å². The molecule has 3 rings (SSSR count). The SMILES string of the molecule is CN1CCC2(CC1)OCCN2C(=O)c1cccs1. The molecule has 2 aliphatic heterocycles. The zero-order chi connectivity index (χ0) is 12.6. The van der Waals surface area contributed by atoms with Crippen molar-refractivity contribution in [2.45, 2.75) is 18.6 Å². The topological polar surface area (TPSA) is 32.8 Å². The number of hydrogen-bond acceptors (Lipinski definition) is 4. The molecule has 0 saturated carbocycles. The van der Waals surface area contributed by atoms with Gasteiger partial charge in [0, 0.05) is 32.5 Å². The number of carbonyl (C=O) groups excluding carboxylic acids is 1. The number of nitrogens with zero attached hydrogens (tertiary/aromatic N) is 2. The van der Waals surface area contributed by atoms with Gasteiger partial charge in [0.15, 0.2) is 0 Å². The summed E-state index contributed by atoms with van der Waals surface area (Å²) in [6, 6.07) is 3.82. The number of piperidine rings is 1. The Labute approximate surface area is 111 Å². The molecule has 4 nitrogen and oxygen atoms in total. The Kier molecular flexibility index (Phi) is 3.13. The number of thiophene rings is 1. The third-order valence-corrected chi connectivity index (χ3v) is 4.78. The maximum Gasteiger partial charge on any atom is 0.266 e. The van der Waals surface area contributed by atoms with Gasteiger partial charge >= 0.3 is 0 Å². The molecule has 0 aromatic carbocycles. The fraction of sp³-hybridized carbons (Fsp3) is 0.615. The van der Waals surface area contributed by atoms with Crippen LogP contribution in [0.2, 0.25) is 0 Å². The number of carbonyl (C=O) groups is 1. The summed E-state index contributed by atoms with van der Waals surface area (Å²) in [5, 5.41) is 1.95. The molecule has 2 aliphatic rings. The van der Waals surface area contributed by atoms with Crippen LogP contribution < -0.4 is 0 Å². The molecular formula is C13H18N2O2S. The van der Waals surface area contributed by atoms with E-state index in [1.54, 1.807) is 0 Å². The summed E-state index contributed by atoms with van der Waals surface area (Å²) >= 11 is 1.51. The van der Waals surface area contributed by atoms with Crippen LogP contribution in [0.15, 0.2) is 17.5 Å². The second-order valence-corrected chi connectivity index (χ2v) is 5.98. The first-order valence-corrected chi connectivity index (χ1v) is 7.27. The minimum atomic E-state index is -0.340. The van der Waals surface area contributed by atoms with Crippen molar-refractivity contribution in [3.05, 3.63) is 22.4 Å². The molecule has 2 fully saturated rings. The number of rotatable bonds is 1. The normalized spacial score (nSPS) is 23.7. The van der Waals surface area contributed by atoms with Crippen molar-refractivity contribution >= 4 is 17.2 Å². The van der Waals surface area contributed by atoms with Crippen molar-refractivity contribution in [2.24, 2.45) is 0 Å². The molecule has 3 heterocycles. The molecule has 5 heteroatoms. The van der Waals surface area contributed by atoms with Crippen LogP contribution in [0.4, 0.5) is 0 Å². The molecule has 0 radical (unpaired) electrons. The van der Waals surface area contributed by atoms with Gasteiger partial charge in [-0.2, -0.15) is 0 Å². The van der Waals surface area contributed by atoms with E-state index in [0.717, 1.165) is 37.4 Å². The fourth-order valence-corrected chi connectivity index (χ4v) is 3.48. The lowest BCUT2D eigenvalue weighted by Gasteiger charge is -2.42. The van der Waals surface area contributed by atoms with E-state index in [2.05, 4.69) is 11.9 Å². The summed E-state index contributed by atoms with van der Waals surface area (Å²) in [6.07, 6.45) is 1.83. The van der Waals surface area contributed by atoms with Gasteiger partial charge in [0.05, 0.1) is 11.5 Å². The van der Waals surface area contributed by atoms with Gasteiger partial charge in [0.2, 0.25) is 0 Å². The average Bonchev–Trinajstić information content (AvgIpc) is 3.03. The van der Waals surface area contributed by atoms with Crippen molar-refractivity contribution in [3.8, 4) is 0 Å². The van der Waals surface area contributed by atoms with Gasteiger partial charge in [0.1, 0.15) is 5.72 Å². The lowest BCUT2D eigenvalue weighted by Crippen LogP contribution is -2.54. The van der Waals surface area contributed by atoms with E-state index >= 15 is 0 Å². The smallest absolute Gasteiger partial charge is 0.266 e. The van der Waals surface area contributed by atoms with Gasteiger partial charge in [-0.25, -0.2) is 0 Å². The lowest BCUT2D eigenvalue weighted by atomic mass is 9.99. The molecule has 1 aromatic rings. The minimum Gasteiger partial charge on any atom is -0.354 e. The summed E-state index contributed by atoms with van der Waals surface area (Å²) in [5.74, 6) is 0.132. The quantitative estimate of drug-likeness (QED) is 0.775. The van der Waals surface area contributed by atoms with Crippen LogP contribution in [-0.2, 0) is 4.74 Å². The van der Waals surface area contributed by atoms with Crippen LogP contribution in [0.25, 0.3) is 0 Å². The van der Waals surface area contributed by atoms with E-state index in [4.69, 9.17) is 4.74 Å². The third kappa shape index (κ3) is 1.96. The fourth-order valence-electron chi connectivity index (χ4n) is 2.81. The number of likely N-dealkylation sites (tertiary alicyclic amines) is 1. The first-order chi connectivity index (χ1) is 8.71.